The molecule has 0 unspecified atom stereocenters. The van der Waals surface area contributed by atoms with Gasteiger partial charge >= 0.3 is 0 Å². The van der Waals surface area contributed by atoms with Crippen LogP contribution in [0.25, 0.3) is 0 Å². The summed E-state index contributed by atoms with van der Waals surface area (Å²) in [5.41, 5.74) is 1.38. The van der Waals surface area contributed by atoms with Gasteiger partial charge < -0.3 is 24.0 Å². The lowest BCUT2D eigenvalue weighted by atomic mass is 10.1. The summed E-state index contributed by atoms with van der Waals surface area (Å²) in [6.45, 7) is 1.02. The van der Waals surface area contributed by atoms with E-state index in [1.54, 1.807) is 0 Å². The molecule has 0 saturated carbocycles. The molecule has 16 heavy (non-hydrogen) atoms. The highest BCUT2D eigenvalue weighted by Crippen LogP contribution is 2.04. The van der Waals surface area contributed by atoms with Crippen molar-refractivity contribution in [1.29, 1.82) is 0 Å². The van der Waals surface area contributed by atoms with E-state index < -0.39 is 0 Å². The maximum absolute atomic E-state index is 3.47. The van der Waals surface area contributed by atoms with Crippen molar-refractivity contribution in [3.8, 4) is 0 Å². The lowest BCUT2D eigenvalue weighted by molar-refractivity contribution is -0.697. The summed E-state index contributed by atoms with van der Waals surface area (Å²) in [4.78, 5) is 0. The van der Waals surface area contributed by atoms with Crippen molar-refractivity contribution >= 4 is 15.9 Å². The topological polar surface area (TPSA) is 3.88 Å². The normalized spacial score (nSPS) is 9.56. The van der Waals surface area contributed by atoms with Crippen LogP contribution in [0.15, 0.2) is 59.3 Å². The lowest BCUT2D eigenvalue weighted by Gasteiger charge is -1.98. The van der Waals surface area contributed by atoms with E-state index in [9.17, 15) is 0 Å². The van der Waals surface area contributed by atoms with Crippen molar-refractivity contribution < 1.29 is 28.5 Å². The summed E-state index contributed by atoms with van der Waals surface area (Å²) >= 11 is 3.47. The molecule has 0 aliphatic rings. The van der Waals surface area contributed by atoms with Crippen molar-refractivity contribution in [1.82, 2.24) is 0 Å². The molecule has 1 heterocycles. The molecule has 0 N–H and O–H groups in total. The molecule has 1 nitrogen and oxygen atoms in total. The minimum absolute atomic E-state index is 0. The van der Waals surface area contributed by atoms with Crippen molar-refractivity contribution in [2.45, 2.75) is 13.0 Å². The number of nitrogens with zero attached hydrogens (tertiary/aromatic N) is 1. The van der Waals surface area contributed by atoms with Gasteiger partial charge in [0.15, 0.2) is 18.9 Å². The Bertz CT molecular complexity index is 431. The smallest absolute Gasteiger partial charge is 0.183 e. The Morgan fingerprint density at radius 2 is 1.75 bits per heavy atom. The zero-order valence-electron chi connectivity index (χ0n) is 8.81. The summed E-state index contributed by atoms with van der Waals surface area (Å²) in [6.07, 6.45) is 5.26. The van der Waals surface area contributed by atoms with Gasteiger partial charge in [-0.3, -0.25) is 0 Å². The van der Waals surface area contributed by atoms with E-state index in [-0.39, 0.29) is 24.0 Å². The van der Waals surface area contributed by atoms with Crippen LogP contribution in [0.5, 0.6) is 0 Å². The van der Waals surface area contributed by atoms with Crippen LogP contribution >= 0.6 is 15.9 Å². The molecule has 0 amide bonds. The monoisotopic (exact) mass is 389 g/mol. The van der Waals surface area contributed by atoms with E-state index in [2.05, 4.69) is 69.3 Å². The first-order valence-electron chi connectivity index (χ1n) is 5.03. The van der Waals surface area contributed by atoms with Gasteiger partial charge in [-0.25, -0.2) is 4.57 Å². The maximum Gasteiger partial charge on any atom is 0.183 e. The Morgan fingerprint density at radius 3 is 2.44 bits per heavy atom. The number of pyridine rings is 1. The predicted molar refractivity (Wildman–Crippen MR) is 64.5 cm³/mol. The molecule has 0 saturated heterocycles. The van der Waals surface area contributed by atoms with Gasteiger partial charge in [-0.05, 0) is 27.6 Å². The standard InChI is InChI=1S/C13H13BrN.HI/c14-13-7-4-9-15(11-13)10-8-12-5-2-1-3-6-12;/h1-7,9,11H,8,10H2;1H/q+1;/p-1. The van der Waals surface area contributed by atoms with Crippen LogP contribution < -0.4 is 28.5 Å². The van der Waals surface area contributed by atoms with Crippen molar-refractivity contribution in [2.24, 2.45) is 0 Å². The van der Waals surface area contributed by atoms with Crippen molar-refractivity contribution in [2.75, 3.05) is 0 Å². The molecular formula is C13H13BrIN. The maximum atomic E-state index is 3.47. The first kappa shape index (κ1) is 13.6. The summed E-state index contributed by atoms with van der Waals surface area (Å²) in [5, 5.41) is 0. The van der Waals surface area contributed by atoms with E-state index in [0.29, 0.717) is 0 Å². The molecular weight excluding hydrogens is 377 g/mol. The molecule has 0 spiro atoms. The van der Waals surface area contributed by atoms with Gasteiger partial charge in [0.2, 0.25) is 0 Å². The van der Waals surface area contributed by atoms with E-state index in [0.717, 1.165) is 17.4 Å². The number of hydrogen-bond acceptors (Lipinski definition) is 0. The van der Waals surface area contributed by atoms with Gasteiger partial charge in [0.25, 0.3) is 0 Å². The zero-order valence-corrected chi connectivity index (χ0v) is 12.6. The largest absolute Gasteiger partial charge is 1.00 e. The Hall–Kier alpha value is -0.420. The minimum atomic E-state index is 0. The second-order valence-electron chi connectivity index (χ2n) is 3.50. The highest BCUT2D eigenvalue weighted by molar-refractivity contribution is 9.10. The van der Waals surface area contributed by atoms with Gasteiger partial charge in [-0.15, -0.1) is 0 Å². The van der Waals surface area contributed by atoms with Crippen molar-refractivity contribution in [3.63, 3.8) is 0 Å². The quantitative estimate of drug-likeness (QED) is 0.513. The molecule has 0 bridgehead atoms. The molecule has 3 heteroatoms. The number of halogens is 2. The average Bonchev–Trinajstić information content (AvgIpc) is 2.28. The molecule has 2 aromatic rings. The predicted octanol–water partition coefficient (Wildman–Crippen LogP) is -0.0167. The average molecular weight is 390 g/mol. The molecule has 84 valence electrons. The fraction of sp³-hybridized carbons (Fsp3) is 0.154. The first-order chi connectivity index (χ1) is 7.34. The first-order valence-corrected chi connectivity index (χ1v) is 5.82. The van der Waals surface area contributed by atoms with Crippen LogP contribution in [0.4, 0.5) is 0 Å². The van der Waals surface area contributed by atoms with E-state index in [1.807, 2.05) is 6.07 Å². The molecule has 0 fully saturated rings. The Morgan fingerprint density at radius 1 is 1.00 bits per heavy atom. The van der Waals surface area contributed by atoms with E-state index in [1.165, 1.54) is 5.56 Å². The number of hydrogen-bond donors (Lipinski definition) is 0. The minimum Gasteiger partial charge on any atom is -1.00 e. The highest BCUT2D eigenvalue weighted by atomic mass is 127. The van der Waals surface area contributed by atoms with Gasteiger partial charge in [0.05, 0.1) is 4.47 Å². The summed E-state index contributed by atoms with van der Waals surface area (Å²) < 4.78 is 3.31. The second-order valence-corrected chi connectivity index (χ2v) is 4.41. The Labute approximate surface area is 122 Å². The summed E-state index contributed by atoms with van der Waals surface area (Å²) in [7, 11) is 0. The summed E-state index contributed by atoms with van der Waals surface area (Å²) in [6, 6.07) is 14.6. The molecule has 0 atom stereocenters. The van der Waals surface area contributed by atoms with Gasteiger partial charge in [-0.1, -0.05) is 30.3 Å². The third-order valence-corrected chi connectivity index (χ3v) is 2.79. The lowest BCUT2D eigenvalue weighted by Crippen LogP contribution is -3.00. The van der Waals surface area contributed by atoms with Gasteiger partial charge in [-0.2, -0.15) is 0 Å². The van der Waals surface area contributed by atoms with Crippen molar-refractivity contribution in [3.05, 3.63) is 64.9 Å². The zero-order chi connectivity index (χ0) is 10.5. The fourth-order valence-corrected chi connectivity index (χ4v) is 1.95. The van der Waals surface area contributed by atoms with Crippen LogP contribution in [0.2, 0.25) is 0 Å². The molecule has 1 aromatic carbocycles. The number of rotatable bonds is 3. The molecule has 0 aliphatic heterocycles. The molecule has 0 aliphatic carbocycles. The second kappa shape index (κ2) is 7.01. The van der Waals surface area contributed by atoms with Gasteiger partial charge in [0.1, 0.15) is 0 Å². The van der Waals surface area contributed by atoms with Crippen LogP contribution in [-0.4, -0.2) is 0 Å². The van der Waals surface area contributed by atoms with Crippen LogP contribution in [0.1, 0.15) is 5.56 Å². The number of aryl methyl sites for hydroxylation is 2. The molecule has 1 aromatic heterocycles. The summed E-state index contributed by atoms with van der Waals surface area (Å²) in [5.74, 6) is 0. The van der Waals surface area contributed by atoms with E-state index in [4.69, 9.17) is 0 Å². The third-order valence-electron chi connectivity index (χ3n) is 2.32. The highest BCUT2D eigenvalue weighted by Gasteiger charge is 2.01. The van der Waals surface area contributed by atoms with E-state index >= 15 is 0 Å². The Balaban J connectivity index is 0.00000128. The van der Waals surface area contributed by atoms with Crippen LogP contribution in [0.3, 0.4) is 0 Å². The fourth-order valence-electron chi connectivity index (χ4n) is 1.53. The third kappa shape index (κ3) is 4.22. The number of benzene rings is 1. The molecule has 2 rings (SSSR count). The SMILES string of the molecule is Brc1ccc[n+](CCc2ccccc2)c1.[I-]. The van der Waals surface area contributed by atoms with Crippen LogP contribution in [-0.2, 0) is 13.0 Å². The van der Waals surface area contributed by atoms with Crippen LogP contribution in [0, 0.1) is 0 Å². The number of aromatic nitrogens is 1. The molecule has 0 radical (unpaired) electrons. The Kier molecular flexibility index (Phi) is 5.98. The van der Waals surface area contributed by atoms with Gasteiger partial charge in [0, 0.05) is 12.5 Å².